The molecule has 0 atom stereocenters. The van der Waals surface area contributed by atoms with Crippen molar-refractivity contribution >= 4 is 30.6 Å². The zero-order valence-electron chi connectivity index (χ0n) is 13.0. The molecule has 2 aromatic rings. The fourth-order valence-electron chi connectivity index (χ4n) is 2.57. The van der Waals surface area contributed by atoms with E-state index in [9.17, 15) is 4.79 Å². The van der Waals surface area contributed by atoms with Crippen LogP contribution in [0.1, 0.15) is 15.9 Å². The minimum absolute atomic E-state index is 0. The van der Waals surface area contributed by atoms with Gasteiger partial charge in [0, 0.05) is 24.2 Å². The molecule has 0 spiro atoms. The van der Waals surface area contributed by atoms with Crippen LogP contribution in [0.3, 0.4) is 0 Å². The van der Waals surface area contributed by atoms with E-state index in [2.05, 4.69) is 0 Å². The molecule has 130 valence electrons. The Labute approximate surface area is 153 Å². The van der Waals surface area contributed by atoms with E-state index in [-0.39, 0.29) is 30.6 Å². The number of carbonyl (C=O) groups excluding carboxylic acids is 1. The molecule has 0 amide bonds. The highest BCUT2D eigenvalue weighted by Crippen LogP contribution is 2.39. The molecule has 0 saturated heterocycles. The second-order valence-electron chi connectivity index (χ2n) is 5.02. The molecule has 5 nitrogen and oxygen atoms in total. The molecule has 0 aromatic heterocycles. The van der Waals surface area contributed by atoms with Crippen LogP contribution < -0.4 is 20.9 Å². The van der Waals surface area contributed by atoms with Gasteiger partial charge in [-0.3, -0.25) is 4.79 Å². The lowest BCUT2D eigenvalue weighted by Crippen LogP contribution is -2.11. The maximum absolute atomic E-state index is 12.6. The van der Waals surface area contributed by atoms with Crippen molar-refractivity contribution < 1.29 is 14.3 Å². The zero-order chi connectivity index (χ0) is 15.5. The van der Waals surface area contributed by atoms with Gasteiger partial charge in [-0.05, 0) is 47.5 Å². The highest BCUT2D eigenvalue weighted by Gasteiger charge is 2.27. The van der Waals surface area contributed by atoms with Gasteiger partial charge in [0.25, 0.3) is 0 Å². The fraction of sp³-hybridized carbons (Fsp3) is 0.235. The second kappa shape index (κ2) is 8.89. The lowest BCUT2D eigenvalue weighted by atomic mass is 10.1. The number of ketones is 1. The minimum atomic E-state index is -0.0126. The Morgan fingerprint density at radius 2 is 1.12 bits per heavy atom. The Hall–Kier alpha value is -1.79. The number of halogens is 2. The first-order chi connectivity index (χ1) is 10.7. The molecule has 1 aliphatic carbocycles. The van der Waals surface area contributed by atoms with Gasteiger partial charge < -0.3 is 20.9 Å². The lowest BCUT2D eigenvalue weighted by molar-refractivity contribution is 0.104. The predicted molar refractivity (Wildman–Crippen MR) is 98.9 cm³/mol. The van der Waals surface area contributed by atoms with Gasteiger partial charge in [-0.2, -0.15) is 0 Å². The Morgan fingerprint density at radius 1 is 0.708 bits per heavy atom. The third-order valence-corrected chi connectivity index (χ3v) is 3.53. The molecule has 3 rings (SSSR count). The molecule has 0 bridgehead atoms. The molecule has 0 fully saturated rings. The second-order valence-corrected chi connectivity index (χ2v) is 5.02. The van der Waals surface area contributed by atoms with Crippen molar-refractivity contribution in [3.05, 3.63) is 47.5 Å². The summed E-state index contributed by atoms with van der Waals surface area (Å²) in [5.74, 6) is 1.30. The monoisotopic (exact) mass is 370 g/mol. The quantitative estimate of drug-likeness (QED) is 0.695. The number of nitrogens with two attached hydrogens (primary N) is 2. The van der Waals surface area contributed by atoms with Crippen LogP contribution in [0.25, 0.3) is 11.1 Å². The van der Waals surface area contributed by atoms with Gasteiger partial charge in [0.05, 0.1) is 0 Å². The molecule has 4 N–H and O–H groups in total. The van der Waals surface area contributed by atoms with E-state index < -0.39 is 0 Å². The van der Waals surface area contributed by atoms with Gasteiger partial charge in [-0.1, -0.05) is 0 Å². The molecule has 24 heavy (non-hydrogen) atoms. The normalized spacial score (nSPS) is 11.0. The van der Waals surface area contributed by atoms with Gasteiger partial charge in [0.2, 0.25) is 0 Å². The maximum atomic E-state index is 12.6. The first kappa shape index (κ1) is 20.3. The van der Waals surface area contributed by atoms with E-state index in [1.165, 1.54) is 0 Å². The molecular weight excluding hydrogens is 351 g/mol. The number of benzene rings is 2. The zero-order valence-corrected chi connectivity index (χ0v) is 14.6. The average Bonchev–Trinajstić information content (AvgIpc) is 2.83. The molecule has 0 radical (unpaired) electrons. The number of fused-ring (bicyclic) bond motifs is 3. The van der Waals surface area contributed by atoms with Crippen LogP contribution in [0.4, 0.5) is 0 Å². The highest BCUT2D eigenvalue weighted by atomic mass is 35.5. The third kappa shape index (κ3) is 3.82. The molecule has 0 heterocycles. The summed E-state index contributed by atoms with van der Waals surface area (Å²) in [6.45, 7) is 1.73. The average molecular weight is 371 g/mol. The van der Waals surface area contributed by atoms with Gasteiger partial charge in [-0.15, -0.1) is 24.8 Å². The van der Waals surface area contributed by atoms with E-state index in [4.69, 9.17) is 20.9 Å². The van der Waals surface area contributed by atoms with Crippen molar-refractivity contribution in [2.75, 3.05) is 26.3 Å². The Morgan fingerprint density at radius 3 is 1.50 bits per heavy atom. The Kier molecular flexibility index (Phi) is 7.51. The predicted octanol–water partition coefficient (Wildman–Crippen LogP) is 2.42. The first-order valence-corrected chi connectivity index (χ1v) is 7.23. The van der Waals surface area contributed by atoms with Crippen molar-refractivity contribution in [2.45, 2.75) is 0 Å². The first-order valence-electron chi connectivity index (χ1n) is 7.23. The minimum Gasteiger partial charge on any atom is -0.492 e. The van der Waals surface area contributed by atoms with Crippen molar-refractivity contribution in [1.29, 1.82) is 0 Å². The number of rotatable bonds is 6. The van der Waals surface area contributed by atoms with Crippen molar-refractivity contribution in [2.24, 2.45) is 11.5 Å². The topological polar surface area (TPSA) is 87.6 Å². The smallest absolute Gasteiger partial charge is 0.194 e. The number of carbonyl (C=O) groups is 1. The van der Waals surface area contributed by atoms with Crippen LogP contribution in [0, 0.1) is 0 Å². The van der Waals surface area contributed by atoms with Gasteiger partial charge >= 0.3 is 0 Å². The molecule has 0 saturated carbocycles. The number of ether oxygens (including phenoxy) is 2. The van der Waals surface area contributed by atoms with E-state index in [0.29, 0.717) is 48.9 Å². The van der Waals surface area contributed by atoms with E-state index >= 15 is 0 Å². The summed E-state index contributed by atoms with van der Waals surface area (Å²) in [5.41, 5.74) is 14.0. The molecular formula is C17H20Cl2N2O3. The number of hydrogen-bond donors (Lipinski definition) is 2. The van der Waals surface area contributed by atoms with Crippen LogP contribution in [-0.2, 0) is 0 Å². The largest absolute Gasteiger partial charge is 0.492 e. The van der Waals surface area contributed by atoms with Crippen LogP contribution >= 0.6 is 24.8 Å². The summed E-state index contributed by atoms with van der Waals surface area (Å²) in [5, 5.41) is 0. The summed E-state index contributed by atoms with van der Waals surface area (Å²) >= 11 is 0. The van der Waals surface area contributed by atoms with Crippen LogP contribution in [0.5, 0.6) is 11.5 Å². The summed E-state index contributed by atoms with van der Waals surface area (Å²) in [6, 6.07) is 11.1. The summed E-state index contributed by atoms with van der Waals surface area (Å²) in [6.07, 6.45) is 0. The third-order valence-electron chi connectivity index (χ3n) is 3.53. The van der Waals surface area contributed by atoms with Gasteiger partial charge in [-0.25, -0.2) is 0 Å². The number of hydrogen-bond acceptors (Lipinski definition) is 5. The fourth-order valence-corrected chi connectivity index (χ4v) is 2.57. The van der Waals surface area contributed by atoms with E-state index in [1.54, 1.807) is 12.1 Å². The summed E-state index contributed by atoms with van der Waals surface area (Å²) in [7, 11) is 0. The van der Waals surface area contributed by atoms with Crippen LogP contribution in [-0.4, -0.2) is 32.1 Å². The molecule has 0 aliphatic heterocycles. The van der Waals surface area contributed by atoms with Crippen molar-refractivity contribution in [3.63, 3.8) is 0 Å². The molecule has 0 unspecified atom stereocenters. The highest BCUT2D eigenvalue weighted by molar-refractivity contribution is 6.22. The Bertz CT molecular complexity index is 663. The van der Waals surface area contributed by atoms with Gasteiger partial charge in [0.1, 0.15) is 24.7 Å². The Balaban J connectivity index is 0.00000144. The summed E-state index contributed by atoms with van der Waals surface area (Å²) in [4.78, 5) is 12.6. The molecule has 7 heteroatoms. The summed E-state index contributed by atoms with van der Waals surface area (Å²) < 4.78 is 11.0. The maximum Gasteiger partial charge on any atom is 0.194 e. The van der Waals surface area contributed by atoms with E-state index in [0.717, 1.165) is 11.1 Å². The molecule has 2 aromatic carbocycles. The standard InChI is InChI=1S/C17H18N2O3.2ClH/c18-5-7-21-11-1-3-13-14-4-2-12(22-8-6-19)10-16(14)17(20)15(13)9-11;;/h1-4,9-10H,5-8,18-19H2;2*1H. The SMILES string of the molecule is Cl.Cl.NCCOc1ccc2c(c1)C(=O)c1cc(OCCN)ccc1-2. The van der Waals surface area contributed by atoms with Crippen LogP contribution in [0.2, 0.25) is 0 Å². The lowest BCUT2D eigenvalue weighted by Gasteiger charge is -2.07. The van der Waals surface area contributed by atoms with E-state index in [1.807, 2.05) is 24.3 Å². The van der Waals surface area contributed by atoms with Crippen LogP contribution in [0.15, 0.2) is 36.4 Å². The van der Waals surface area contributed by atoms with Crippen molar-refractivity contribution in [3.8, 4) is 22.6 Å². The van der Waals surface area contributed by atoms with Crippen molar-refractivity contribution in [1.82, 2.24) is 0 Å². The molecule has 1 aliphatic rings. The van der Waals surface area contributed by atoms with Gasteiger partial charge in [0.15, 0.2) is 5.78 Å².